The number of benzene rings is 1. The Labute approximate surface area is 116 Å². The molecule has 0 saturated heterocycles. The van der Waals surface area contributed by atoms with Gasteiger partial charge in [0.2, 0.25) is 0 Å². The normalized spacial score (nSPS) is 21.0. The van der Waals surface area contributed by atoms with Gasteiger partial charge in [0.25, 0.3) is 0 Å². The highest BCUT2D eigenvalue weighted by atomic mass is 16.5. The maximum atomic E-state index is 6.02. The first kappa shape index (κ1) is 14.4. The number of hydrogen-bond acceptors (Lipinski definition) is 3. The van der Waals surface area contributed by atoms with Crippen LogP contribution in [-0.2, 0) is 4.74 Å². The van der Waals surface area contributed by atoms with Crippen LogP contribution in [-0.4, -0.2) is 24.9 Å². The van der Waals surface area contributed by atoms with Gasteiger partial charge in [-0.1, -0.05) is 18.2 Å². The first-order valence-corrected chi connectivity index (χ1v) is 7.11. The lowest BCUT2D eigenvalue weighted by atomic mass is 9.90. The van der Waals surface area contributed by atoms with E-state index in [1.54, 1.807) is 0 Å². The van der Waals surface area contributed by atoms with E-state index in [0.29, 0.717) is 12.1 Å². The first-order chi connectivity index (χ1) is 8.98. The van der Waals surface area contributed by atoms with Crippen molar-refractivity contribution in [3.05, 3.63) is 29.8 Å². The summed E-state index contributed by atoms with van der Waals surface area (Å²) in [6, 6.07) is 8.63. The van der Waals surface area contributed by atoms with Crippen molar-refractivity contribution in [3.63, 3.8) is 0 Å². The summed E-state index contributed by atoms with van der Waals surface area (Å²) in [6.07, 6.45) is 1.27. The average Bonchev–Trinajstić information content (AvgIpc) is 2.33. The van der Waals surface area contributed by atoms with Gasteiger partial charge in [-0.2, -0.15) is 0 Å². The van der Waals surface area contributed by atoms with E-state index in [-0.39, 0.29) is 5.60 Å². The van der Waals surface area contributed by atoms with Crippen LogP contribution in [0.5, 0.6) is 5.75 Å². The Hall–Kier alpha value is -1.06. The van der Waals surface area contributed by atoms with Gasteiger partial charge in [0.15, 0.2) is 0 Å². The third kappa shape index (κ3) is 3.95. The van der Waals surface area contributed by atoms with E-state index in [4.69, 9.17) is 9.47 Å². The van der Waals surface area contributed by atoms with Crippen molar-refractivity contribution in [1.82, 2.24) is 5.32 Å². The number of fused-ring (bicyclic) bond motifs is 1. The lowest BCUT2D eigenvalue weighted by Crippen LogP contribution is -2.40. The predicted molar refractivity (Wildman–Crippen MR) is 77.6 cm³/mol. The number of hydrogen-bond donors (Lipinski definition) is 1. The molecule has 0 aromatic heterocycles. The molecule has 0 saturated carbocycles. The van der Waals surface area contributed by atoms with Crippen LogP contribution < -0.4 is 10.1 Å². The molecule has 0 bridgehead atoms. The molecule has 1 N–H and O–H groups in total. The molecule has 1 aliphatic rings. The zero-order chi connectivity index (χ0) is 13.9. The van der Waals surface area contributed by atoms with Gasteiger partial charge >= 0.3 is 0 Å². The molecule has 0 fully saturated rings. The quantitative estimate of drug-likeness (QED) is 0.827. The maximum absolute atomic E-state index is 6.02. The molecule has 3 heteroatoms. The fourth-order valence-electron chi connectivity index (χ4n) is 2.51. The van der Waals surface area contributed by atoms with Crippen LogP contribution in [0.1, 0.15) is 45.7 Å². The molecule has 1 aromatic carbocycles. The molecule has 1 atom stereocenters. The van der Waals surface area contributed by atoms with E-state index in [1.807, 2.05) is 6.07 Å². The molecule has 19 heavy (non-hydrogen) atoms. The minimum atomic E-state index is -0.120. The maximum Gasteiger partial charge on any atom is 0.124 e. The van der Waals surface area contributed by atoms with Gasteiger partial charge in [0.1, 0.15) is 11.4 Å². The third-order valence-electron chi connectivity index (χ3n) is 3.32. The lowest BCUT2D eigenvalue weighted by Gasteiger charge is -2.38. The van der Waals surface area contributed by atoms with Crippen LogP contribution in [0.15, 0.2) is 24.3 Å². The Morgan fingerprint density at radius 2 is 2.11 bits per heavy atom. The van der Waals surface area contributed by atoms with Crippen molar-refractivity contribution in [2.45, 2.75) is 51.9 Å². The first-order valence-electron chi connectivity index (χ1n) is 7.11. The van der Waals surface area contributed by atoms with Crippen LogP contribution in [0, 0.1) is 0 Å². The van der Waals surface area contributed by atoms with E-state index in [9.17, 15) is 0 Å². The molecular formula is C16H25NO2. The van der Waals surface area contributed by atoms with Crippen molar-refractivity contribution >= 4 is 0 Å². The van der Waals surface area contributed by atoms with E-state index in [2.05, 4.69) is 51.2 Å². The standard InChI is InChI=1S/C16H25NO2/c1-12(2)18-10-9-17-14-11-16(3,4)19-15-8-6-5-7-13(14)15/h5-8,12,14,17H,9-11H2,1-4H3. The second kappa shape index (κ2) is 5.93. The van der Waals surface area contributed by atoms with Crippen molar-refractivity contribution in [1.29, 1.82) is 0 Å². The van der Waals surface area contributed by atoms with Crippen molar-refractivity contribution in [3.8, 4) is 5.75 Å². The van der Waals surface area contributed by atoms with E-state index >= 15 is 0 Å². The van der Waals surface area contributed by atoms with Gasteiger partial charge in [-0.3, -0.25) is 0 Å². The molecule has 1 aliphatic heterocycles. The van der Waals surface area contributed by atoms with E-state index in [1.165, 1.54) is 5.56 Å². The molecule has 0 spiro atoms. The lowest BCUT2D eigenvalue weighted by molar-refractivity contribution is 0.0558. The predicted octanol–water partition coefficient (Wildman–Crippen LogP) is 3.30. The number of ether oxygens (including phenoxy) is 2. The third-order valence-corrected chi connectivity index (χ3v) is 3.32. The van der Waals surface area contributed by atoms with Crippen molar-refractivity contribution in [2.75, 3.05) is 13.2 Å². The van der Waals surface area contributed by atoms with Crippen LogP contribution in [0.4, 0.5) is 0 Å². The molecule has 0 radical (unpaired) electrons. The van der Waals surface area contributed by atoms with Gasteiger partial charge < -0.3 is 14.8 Å². The zero-order valence-electron chi connectivity index (χ0n) is 12.4. The summed E-state index contributed by atoms with van der Waals surface area (Å²) < 4.78 is 11.6. The Bertz CT molecular complexity index is 415. The van der Waals surface area contributed by atoms with Crippen LogP contribution in [0.25, 0.3) is 0 Å². The minimum absolute atomic E-state index is 0.120. The fourth-order valence-corrected chi connectivity index (χ4v) is 2.51. The average molecular weight is 263 g/mol. The molecule has 1 unspecified atom stereocenters. The van der Waals surface area contributed by atoms with Crippen molar-refractivity contribution < 1.29 is 9.47 Å². The number of para-hydroxylation sites is 1. The highest BCUT2D eigenvalue weighted by Crippen LogP contribution is 2.38. The zero-order valence-corrected chi connectivity index (χ0v) is 12.4. The number of nitrogens with one attached hydrogen (secondary N) is 1. The van der Waals surface area contributed by atoms with Crippen LogP contribution in [0.3, 0.4) is 0 Å². The van der Waals surface area contributed by atoms with Crippen LogP contribution >= 0.6 is 0 Å². The van der Waals surface area contributed by atoms with Gasteiger partial charge in [-0.05, 0) is 33.8 Å². The van der Waals surface area contributed by atoms with Crippen molar-refractivity contribution in [2.24, 2.45) is 0 Å². The molecule has 0 amide bonds. The van der Waals surface area contributed by atoms with E-state index in [0.717, 1.165) is 25.3 Å². The summed E-state index contributed by atoms with van der Waals surface area (Å²) in [6.45, 7) is 10.0. The molecular weight excluding hydrogens is 238 g/mol. The largest absolute Gasteiger partial charge is 0.487 e. The summed E-state index contributed by atoms with van der Waals surface area (Å²) in [5, 5.41) is 3.58. The Morgan fingerprint density at radius 3 is 2.84 bits per heavy atom. The summed E-state index contributed by atoms with van der Waals surface area (Å²) in [7, 11) is 0. The SMILES string of the molecule is CC(C)OCCNC1CC(C)(C)Oc2ccccc21. The Morgan fingerprint density at radius 1 is 1.37 bits per heavy atom. The van der Waals surface area contributed by atoms with Crippen LogP contribution in [0.2, 0.25) is 0 Å². The minimum Gasteiger partial charge on any atom is -0.487 e. The summed E-state index contributed by atoms with van der Waals surface area (Å²) in [5.74, 6) is 1.00. The highest BCUT2D eigenvalue weighted by Gasteiger charge is 2.32. The van der Waals surface area contributed by atoms with Gasteiger partial charge in [0, 0.05) is 24.6 Å². The number of rotatable bonds is 5. The second-order valence-electron chi connectivity index (χ2n) is 6.03. The Balaban J connectivity index is 1.99. The summed E-state index contributed by atoms with van der Waals surface area (Å²) >= 11 is 0. The Kier molecular flexibility index (Phi) is 4.48. The monoisotopic (exact) mass is 263 g/mol. The van der Waals surface area contributed by atoms with Gasteiger partial charge in [-0.25, -0.2) is 0 Å². The van der Waals surface area contributed by atoms with E-state index < -0.39 is 0 Å². The second-order valence-corrected chi connectivity index (χ2v) is 6.03. The topological polar surface area (TPSA) is 30.5 Å². The fraction of sp³-hybridized carbons (Fsp3) is 0.625. The molecule has 1 heterocycles. The molecule has 3 nitrogen and oxygen atoms in total. The molecule has 0 aliphatic carbocycles. The smallest absolute Gasteiger partial charge is 0.124 e. The summed E-state index contributed by atoms with van der Waals surface area (Å²) in [5.41, 5.74) is 1.14. The molecule has 1 aromatic rings. The van der Waals surface area contributed by atoms with Gasteiger partial charge in [0.05, 0.1) is 12.7 Å². The molecule has 2 rings (SSSR count). The van der Waals surface area contributed by atoms with Gasteiger partial charge in [-0.15, -0.1) is 0 Å². The molecule has 106 valence electrons. The summed E-state index contributed by atoms with van der Waals surface area (Å²) in [4.78, 5) is 0. The highest BCUT2D eigenvalue weighted by molar-refractivity contribution is 5.38.